The molecule has 1 aliphatic rings. The Morgan fingerprint density at radius 2 is 2.00 bits per heavy atom. The zero-order valence-corrected chi connectivity index (χ0v) is 18.0. The molecule has 0 saturated carbocycles. The number of nitrogens with zero attached hydrogens (tertiary/aromatic N) is 5. The SMILES string of the molecule is CC(C)(C)c1nc(N(N)Cc2ccccc2SC#N)c(N)c(N2CCC(F)(F)C2)n1. The smallest absolute Gasteiger partial charge is 0.266 e. The van der Waals surface area contributed by atoms with E-state index in [1.165, 1.54) is 9.91 Å². The number of alkyl halides is 2. The fraction of sp³-hybridized carbons (Fsp3) is 0.450. The molecule has 0 amide bonds. The quantitative estimate of drug-likeness (QED) is 0.318. The standard InChI is InChI=1S/C20H25F2N7S/c1-19(2,3)18-26-16(28-9-8-20(21,22)11-28)15(24)17(27-18)29(25)10-13-6-4-5-7-14(13)30-12-23/h4-7H,8-11,24-25H2,1-3H3. The van der Waals surface area contributed by atoms with Gasteiger partial charge in [-0.2, -0.15) is 5.26 Å². The number of hydrogen-bond donors (Lipinski definition) is 2. The summed E-state index contributed by atoms with van der Waals surface area (Å²) < 4.78 is 27.6. The molecule has 1 saturated heterocycles. The molecule has 3 rings (SSSR count). The minimum Gasteiger partial charge on any atom is -0.393 e. The molecule has 0 bridgehead atoms. The Bertz CT molecular complexity index is 969. The van der Waals surface area contributed by atoms with E-state index in [-0.39, 0.29) is 36.8 Å². The molecule has 10 heteroatoms. The van der Waals surface area contributed by atoms with E-state index in [0.29, 0.717) is 5.82 Å². The molecule has 4 N–H and O–H groups in total. The lowest BCUT2D eigenvalue weighted by atomic mass is 9.95. The van der Waals surface area contributed by atoms with Crippen LogP contribution in [-0.2, 0) is 12.0 Å². The molecule has 1 aliphatic heterocycles. The molecule has 1 aromatic carbocycles. The summed E-state index contributed by atoms with van der Waals surface area (Å²) in [7, 11) is 0. The van der Waals surface area contributed by atoms with Crippen molar-refractivity contribution in [2.75, 3.05) is 28.7 Å². The summed E-state index contributed by atoms with van der Waals surface area (Å²) in [5.74, 6) is 4.56. The first-order valence-corrected chi connectivity index (χ1v) is 10.3. The number of hydrogen-bond acceptors (Lipinski definition) is 8. The summed E-state index contributed by atoms with van der Waals surface area (Å²) in [5, 5.41) is 12.5. The molecular weight excluding hydrogens is 408 g/mol. The Kier molecular flexibility index (Phi) is 6.06. The van der Waals surface area contributed by atoms with Gasteiger partial charge < -0.3 is 10.6 Å². The largest absolute Gasteiger partial charge is 0.393 e. The van der Waals surface area contributed by atoms with Crippen LogP contribution in [0.15, 0.2) is 29.2 Å². The summed E-state index contributed by atoms with van der Waals surface area (Å²) in [6.45, 7) is 5.76. The number of halogens is 2. The van der Waals surface area contributed by atoms with E-state index in [2.05, 4.69) is 15.4 Å². The second-order valence-electron chi connectivity index (χ2n) is 8.31. The third kappa shape index (κ3) is 4.74. The van der Waals surface area contributed by atoms with Crippen LogP contribution in [0.25, 0.3) is 0 Å². The molecule has 0 radical (unpaired) electrons. The van der Waals surface area contributed by atoms with Crippen molar-refractivity contribution in [3.63, 3.8) is 0 Å². The number of hydrazine groups is 1. The van der Waals surface area contributed by atoms with Gasteiger partial charge in [-0.25, -0.2) is 24.6 Å². The van der Waals surface area contributed by atoms with Gasteiger partial charge >= 0.3 is 0 Å². The van der Waals surface area contributed by atoms with Crippen LogP contribution in [0.5, 0.6) is 0 Å². The monoisotopic (exact) mass is 433 g/mol. The van der Waals surface area contributed by atoms with Crippen molar-refractivity contribution in [2.24, 2.45) is 5.84 Å². The summed E-state index contributed by atoms with van der Waals surface area (Å²) in [6, 6.07) is 7.39. The molecule has 2 aromatic rings. The summed E-state index contributed by atoms with van der Waals surface area (Å²) in [6.07, 6.45) is -0.248. The van der Waals surface area contributed by atoms with Gasteiger partial charge in [-0.05, 0) is 23.4 Å². The van der Waals surface area contributed by atoms with Crippen molar-refractivity contribution >= 4 is 29.1 Å². The maximum absolute atomic E-state index is 13.8. The highest BCUT2D eigenvalue weighted by Gasteiger charge is 2.40. The van der Waals surface area contributed by atoms with E-state index >= 15 is 0 Å². The molecule has 1 fully saturated rings. The van der Waals surface area contributed by atoms with Gasteiger partial charge in [0.1, 0.15) is 16.9 Å². The van der Waals surface area contributed by atoms with Crippen LogP contribution in [0, 0.1) is 10.7 Å². The molecule has 0 spiro atoms. The summed E-state index contributed by atoms with van der Waals surface area (Å²) in [5.41, 5.74) is 6.88. The summed E-state index contributed by atoms with van der Waals surface area (Å²) in [4.78, 5) is 11.3. The number of anilines is 3. The number of thioether (sulfide) groups is 1. The van der Waals surface area contributed by atoms with Crippen LogP contribution in [0.4, 0.5) is 26.1 Å². The third-order valence-electron chi connectivity index (χ3n) is 4.79. The first-order chi connectivity index (χ1) is 14.0. The molecule has 2 heterocycles. The van der Waals surface area contributed by atoms with E-state index in [4.69, 9.17) is 16.8 Å². The predicted molar refractivity (Wildman–Crippen MR) is 115 cm³/mol. The van der Waals surface area contributed by atoms with Crippen LogP contribution in [0.2, 0.25) is 0 Å². The highest BCUT2D eigenvalue weighted by atomic mass is 32.2. The second kappa shape index (κ2) is 8.24. The van der Waals surface area contributed by atoms with E-state index in [1.54, 1.807) is 0 Å². The number of nitrogens with two attached hydrogens (primary N) is 2. The van der Waals surface area contributed by atoms with Gasteiger partial charge in [-0.3, -0.25) is 5.01 Å². The average molecular weight is 434 g/mol. The molecule has 0 atom stereocenters. The molecule has 160 valence electrons. The van der Waals surface area contributed by atoms with Gasteiger partial charge in [0.25, 0.3) is 5.92 Å². The molecular formula is C20H25F2N7S. The normalized spacial score (nSPS) is 15.8. The zero-order valence-electron chi connectivity index (χ0n) is 17.2. The lowest BCUT2D eigenvalue weighted by Crippen LogP contribution is -2.35. The van der Waals surface area contributed by atoms with E-state index in [1.807, 2.05) is 45.0 Å². The van der Waals surface area contributed by atoms with Gasteiger partial charge in [0.15, 0.2) is 11.6 Å². The van der Waals surface area contributed by atoms with E-state index < -0.39 is 17.9 Å². The van der Waals surface area contributed by atoms with Crippen molar-refractivity contribution in [3.05, 3.63) is 35.7 Å². The first kappa shape index (κ1) is 22.1. The minimum absolute atomic E-state index is 0.156. The van der Waals surface area contributed by atoms with Crippen LogP contribution < -0.4 is 21.5 Å². The van der Waals surface area contributed by atoms with Crippen LogP contribution in [0.3, 0.4) is 0 Å². The highest BCUT2D eigenvalue weighted by molar-refractivity contribution is 8.03. The minimum atomic E-state index is -2.78. The fourth-order valence-electron chi connectivity index (χ4n) is 3.20. The third-order valence-corrected chi connectivity index (χ3v) is 5.50. The zero-order chi connectivity index (χ0) is 22.1. The van der Waals surface area contributed by atoms with Gasteiger partial charge in [0.05, 0.1) is 13.1 Å². The highest BCUT2D eigenvalue weighted by Crippen LogP contribution is 2.37. The number of thiocyanates is 1. The molecule has 0 unspecified atom stereocenters. The van der Waals surface area contributed by atoms with Crippen molar-refractivity contribution in [1.29, 1.82) is 5.26 Å². The fourth-order valence-corrected chi connectivity index (χ4v) is 3.71. The Morgan fingerprint density at radius 1 is 1.30 bits per heavy atom. The number of rotatable bonds is 5. The van der Waals surface area contributed by atoms with Gasteiger partial charge in [0.2, 0.25) is 0 Å². The van der Waals surface area contributed by atoms with Crippen LogP contribution in [0.1, 0.15) is 38.6 Å². The van der Waals surface area contributed by atoms with Gasteiger partial charge in [-0.15, -0.1) is 0 Å². The van der Waals surface area contributed by atoms with Crippen LogP contribution in [-0.4, -0.2) is 29.0 Å². The molecule has 30 heavy (non-hydrogen) atoms. The van der Waals surface area contributed by atoms with E-state index in [9.17, 15) is 8.78 Å². The summed E-state index contributed by atoms with van der Waals surface area (Å²) >= 11 is 1.04. The predicted octanol–water partition coefficient (Wildman–Crippen LogP) is 3.66. The number of nitriles is 1. The van der Waals surface area contributed by atoms with Crippen molar-refractivity contribution in [2.45, 2.75) is 50.0 Å². The Hall–Kier alpha value is -2.64. The van der Waals surface area contributed by atoms with Crippen molar-refractivity contribution < 1.29 is 8.78 Å². The maximum Gasteiger partial charge on any atom is 0.266 e. The van der Waals surface area contributed by atoms with Crippen LogP contribution >= 0.6 is 11.8 Å². The Labute approximate surface area is 179 Å². The Morgan fingerprint density at radius 3 is 2.60 bits per heavy atom. The van der Waals surface area contributed by atoms with Gasteiger partial charge in [-0.1, -0.05) is 39.0 Å². The van der Waals surface area contributed by atoms with Crippen molar-refractivity contribution in [3.8, 4) is 5.40 Å². The molecule has 0 aliphatic carbocycles. The average Bonchev–Trinajstić information content (AvgIpc) is 3.02. The maximum atomic E-state index is 13.8. The van der Waals surface area contributed by atoms with Crippen molar-refractivity contribution in [1.82, 2.24) is 9.97 Å². The topological polar surface area (TPSA) is 108 Å². The molecule has 1 aromatic heterocycles. The molecule has 7 nitrogen and oxygen atoms in total. The number of aromatic nitrogens is 2. The first-order valence-electron chi connectivity index (χ1n) is 9.49. The number of nitrogen functional groups attached to an aromatic ring is 1. The lowest BCUT2D eigenvalue weighted by molar-refractivity contribution is 0.0257. The second-order valence-corrected chi connectivity index (χ2v) is 9.14. The van der Waals surface area contributed by atoms with Gasteiger partial charge in [0, 0.05) is 23.3 Å². The lowest BCUT2D eigenvalue weighted by Gasteiger charge is -2.28. The number of benzene rings is 1. The van der Waals surface area contributed by atoms with E-state index in [0.717, 1.165) is 22.2 Å². The Balaban J connectivity index is 2.01.